The van der Waals surface area contributed by atoms with Crippen molar-refractivity contribution in [3.05, 3.63) is 90.5 Å². The fourth-order valence-electron chi connectivity index (χ4n) is 2.09. The summed E-state index contributed by atoms with van der Waals surface area (Å²) >= 11 is 0. The van der Waals surface area contributed by atoms with Crippen molar-refractivity contribution in [1.29, 1.82) is 0 Å². The Morgan fingerprint density at radius 1 is 0.619 bits per heavy atom. The molecule has 3 rings (SSSR count). The number of hydrogen-bond donors (Lipinski definition) is 1. The van der Waals surface area contributed by atoms with Crippen molar-refractivity contribution in [3.63, 3.8) is 0 Å². The number of benzene rings is 3. The Morgan fingerprint density at radius 2 is 1.19 bits per heavy atom. The molecule has 0 heterocycles. The van der Waals surface area contributed by atoms with Crippen LogP contribution in [0.3, 0.4) is 0 Å². The minimum atomic E-state index is 0.981. The largest absolute Gasteiger partial charge is 0.279 e. The van der Waals surface area contributed by atoms with E-state index in [0.29, 0.717) is 0 Å². The summed E-state index contributed by atoms with van der Waals surface area (Å²) in [5.74, 6) is 0. The third kappa shape index (κ3) is 3.57. The molecule has 2 nitrogen and oxygen atoms in total. The SMILES string of the molecule is C(=N\Nc1ccccc1)/c1ccc(-c2ccccc2)cc1. The maximum atomic E-state index is 4.24. The highest BCUT2D eigenvalue weighted by Crippen LogP contribution is 2.18. The Bertz CT molecular complexity index is 702. The highest BCUT2D eigenvalue weighted by molar-refractivity contribution is 5.81. The molecule has 3 aromatic carbocycles. The number of anilines is 1. The lowest BCUT2D eigenvalue weighted by Crippen LogP contribution is -1.90. The number of nitrogens with zero attached hydrogens (tertiary/aromatic N) is 1. The maximum absolute atomic E-state index is 4.24. The Morgan fingerprint density at radius 3 is 1.86 bits per heavy atom. The second-order valence-corrected chi connectivity index (χ2v) is 4.72. The van der Waals surface area contributed by atoms with Crippen LogP contribution in [0.2, 0.25) is 0 Å². The van der Waals surface area contributed by atoms with Crippen LogP contribution in [0, 0.1) is 0 Å². The first kappa shape index (κ1) is 13.1. The Kier molecular flexibility index (Phi) is 4.08. The molecule has 3 aromatic rings. The fourth-order valence-corrected chi connectivity index (χ4v) is 2.09. The highest BCUT2D eigenvalue weighted by Gasteiger charge is 1.95. The molecule has 2 heteroatoms. The van der Waals surface area contributed by atoms with Gasteiger partial charge in [-0.15, -0.1) is 0 Å². The normalized spacial score (nSPS) is 10.7. The van der Waals surface area contributed by atoms with Gasteiger partial charge in [0.1, 0.15) is 0 Å². The van der Waals surface area contributed by atoms with E-state index in [1.807, 2.05) is 42.6 Å². The van der Waals surface area contributed by atoms with Gasteiger partial charge in [-0.25, -0.2) is 0 Å². The summed E-state index contributed by atoms with van der Waals surface area (Å²) in [5.41, 5.74) is 7.49. The van der Waals surface area contributed by atoms with Crippen molar-refractivity contribution in [2.24, 2.45) is 5.10 Å². The van der Waals surface area contributed by atoms with Crippen LogP contribution in [0.5, 0.6) is 0 Å². The molecular formula is C19H16N2. The summed E-state index contributed by atoms with van der Waals surface area (Å²) in [6, 6.07) is 28.6. The predicted molar refractivity (Wildman–Crippen MR) is 89.5 cm³/mol. The zero-order valence-electron chi connectivity index (χ0n) is 11.6. The van der Waals surface area contributed by atoms with Crippen molar-refractivity contribution < 1.29 is 0 Å². The van der Waals surface area contributed by atoms with Crippen LogP contribution in [-0.4, -0.2) is 6.21 Å². The number of para-hydroxylation sites is 1. The van der Waals surface area contributed by atoms with Crippen LogP contribution < -0.4 is 5.43 Å². The molecule has 0 aliphatic rings. The highest BCUT2D eigenvalue weighted by atomic mass is 15.3. The van der Waals surface area contributed by atoms with Gasteiger partial charge in [0.25, 0.3) is 0 Å². The summed E-state index contributed by atoms with van der Waals surface area (Å²) in [6.45, 7) is 0. The fraction of sp³-hybridized carbons (Fsp3) is 0. The number of hydrazone groups is 1. The zero-order chi connectivity index (χ0) is 14.3. The quantitative estimate of drug-likeness (QED) is 0.535. The van der Waals surface area contributed by atoms with E-state index in [1.54, 1.807) is 0 Å². The molecule has 0 saturated heterocycles. The van der Waals surface area contributed by atoms with Crippen LogP contribution in [0.1, 0.15) is 5.56 Å². The predicted octanol–water partition coefficient (Wildman–Crippen LogP) is 4.80. The van der Waals surface area contributed by atoms with Gasteiger partial charge in [-0.05, 0) is 28.8 Å². The third-order valence-corrected chi connectivity index (χ3v) is 3.20. The van der Waals surface area contributed by atoms with Gasteiger partial charge in [0.2, 0.25) is 0 Å². The van der Waals surface area contributed by atoms with Crippen molar-refractivity contribution >= 4 is 11.9 Å². The topological polar surface area (TPSA) is 24.4 Å². The van der Waals surface area contributed by atoms with Crippen molar-refractivity contribution in [3.8, 4) is 11.1 Å². The first-order valence-electron chi connectivity index (χ1n) is 6.91. The van der Waals surface area contributed by atoms with Crippen molar-refractivity contribution in [2.45, 2.75) is 0 Å². The lowest BCUT2D eigenvalue weighted by atomic mass is 10.0. The summed E-state index contributed by atoms with van der Waals surface area (Å²) < 4.78 is 0. The average molecular weight is 272 g/mol. The minimum absolute atomic E-state index is 0.981. The van der Waals surface area contributed by atoms with E-state index in [9.17, 15) is 0 Å². The first-order valence-corrected chi connectivity index (χ1v) is 6.91. The van der Waals surface area contributed by atoms with Gasteiger partial charge in [0, 0.05) is 0 Å². The lowest BCUT2D eigenvalue weighted by molar-refractivity contribution is 1.35. The van der Waals surface area contributed by atoms with Gasteiger partial charge in [-0.2, -0.15) is 5.10 Å². The van der Waals surface area contributed by atoms with Crippen LogP contribution in [0.15, 0.2) is 90.0 Å². The molecule has 0 saturated carbocycles. The molecule has 0 fully saturated rings. The average Bonchev–Trinajstić information content (AvgIpc) is 2.57. The molecule has 0 aromatic heterocycles. The molecule has 0 amide bonds. The zero-order valence-corrected chi connectivity index (χ0v) is 11.6. The third-order valence-electron chi connectivity index (χ3n) is 3.20. The van der Waals surface area contributed by atoms with Gasteiger partial charge < -0.3 is 0 Å². The van der Waals surface area contributed by atoms with Gasteiger partial charge >= 0.3 is 0 Å². The lowest BCUT2D eigenvalue weighted by Gasteiger charge is -2.02. The van der Waals surface area contributed by atoms with E-state index in [1.165, 1.54) is 11.1 Å². The molecule has 0 aliphatic heterocycles. The Hall–Kier alpha value is -2.87. The van der Waals surface area contributed by atoms with E-state index in [4.69, 9.17) is 0 Å². The molecule has 0 bridgehead atoms. The smallest absolute Gasteiger partial charge is 0.0561 e. The van der Waals surface area contributed by atoms with Gasteiger partial charge in [0.05, 0.1) is 11.9 Å². The number of hydrogen-bond acceptors (Lipinski definition) is 2. The van der Waals surface area contributed by atoms with Gasteiger partial charge in [-0.1, -0.05) is 72.8 Å². The Balaban J connectivity index is 1.67. The second kappa shape index (κ2) is 6.53. The summed E-state index contributed by atoms with van der Waals surface area (Å²) in [7, 11) is 0. The van der Waals surface area contributed by atoms with E-state index in [0.717, 1.165) is 11.3 Å². The van der Waals surface area contributed by atoms with E-state index in [-0.39, 0.29) is 0 Å². The maximum Gasteiger partial charge on any atom is 0.0561 e. The number of nitrogens with one attached hydrogen (secondary N) is 1. The molecule has 0 atom stereocenters. The molecule has 0 spiro atoms. The van der Waals surface area contributed by atoms with Crippen molar-refractivity contribution in [2.75, 3.05) is 5.43 Å². The Labute approximate surface area is 124 Å². The first-order chi connectivity index (χ1) is 10.4. The molecule has 102 valence electrons. The molecule has 21 heavy (non-hydrogen) atoms. The monoisotopic (exact) mass is 272 g/mol. The number of rotatable bonds is 4. The van der Waals surface area contributed by atoms with E-state index >= 15 is 0 Å². The van der Waals surface area contributed by atoms with Crippen molar-refractivity contribution in [1.82, 2.24) is 0 Å². The van der Waals surface area contributed by atoms with Crippen LogP contribution in [0.4, 0.5) is 5.69 Å². The van der Waals surface area contributed by atoms with Crippen LogP contribution in [-0.2, 0) is 0 Å². The molecular weight excluding hydrogens is 256 g/mol. The molecule has 1 N–H and O–H groups in total. The molecule has 0 aliphatic carbocycles. The summed E-state index contributed by atoms with van der Waals surface area (Å²) in [4.78, 5) is 0. The molecule has 0 unspecified atom stereocenters. The molecule has 0 radical (unpaired) electrons. The summed E-state index contributed by atoms with van der Waals surface area (Å²) in [6.07, 6.45) is 1.82. The van der Waals surface area contributed by atoms with E-state index in [2.05, 4.69) is 59.1 Å². The van der Waals surface area contributed by atoms with Crippen LogP contribution in [0.25, 0.3) is 11.1 Å². The van der Waals surface area contributed by atoms with Gasteiger partial charge in [0.15, 0.2) is 0 Å². The summed E-state index contributed by atoms with van der Waals surface area (Å²) in [5, 5.41) is 4.24. The van der Waals surface area contributed by atoms with E-state index < -0.39 is 0 Å². The van der Waals surface area contributed by atoms with Gasteiger partial charge in [-0.3, -0.25) is 5.43 Å². The standard InChI is InChI=1S/C19H16N2/c1-3-7-17(8-4-1)18-13-11-16(12-14-18)15-20-21-19-9-5-2-6-10-19/h1-15,21H/b20-15+. The minimum Gasteiger partial charge on any atom is -0.279 e. The second-order valence-electron chi connectivity index (χ2n) is 4.72. The van der Waals surface area contributed by atoms with Crippen LogP contribution >= 0.6 is 0 Å².